The summed E-state index contributed by atoms with van der Waals surface area (Å²) in [5.41, 5.74) is 14.4. The van der Waals surface area contributed by atoms with Gasteiger partial charge in [0.15, 0.2) is 5.82 Å². The molecular weight excluding hydrogens is 404 g/mol. The second kappa shape index (κ2) is 9.54. The highest BCUT2D eigenvalue weighted by Gasteiger charge is 2.25. The van der Waals surface area contributed by atoms with E-state index >= 15 is 0 Å². The molecule has 1 aromatic carbocycles. The zero-order valence-corrected chi connectivity index (χ0v) is 18.6. The molecule has 8 nitrogen and oxygen atoms in total. The standard InChI is InChI=1S/C24H32N6O2/c1-15(22(25)31)27-21-14-19(23(26)32)28-24(29-21)17-10-11-20-16(13-17)7-5-6-12-30(20)18-8-3-2-4-9-18/h10-11,13-15,18H,2-9,12H2,1H3,(H2,25,31)(H2,26,32)(H,27,28,29)/t15-/m0/s1. The molecule has 1 atom stereocenters. The minimum Gasteiger partial charge on any atom is -0.368 e. The van der Waals surface area contributed by atoms with Crippen molar-refractivity contribution in [1.29, 1.82) is 0 Å². The van der Waals surface area contributed by atoms with Gasteiger partial charge < -0.3 is 21.7 Å². The maximum Gasteiger partial charge on any atom is 0.267 e. The van der Waals surface area contributed by atoms with Crippen molar-refractivity contribution in [2.24, 2.45) is 11.5 Å². The Morgan fingerprint density at radius 3 is 2.56 bits per heavy atom. The van der Waals surface area contributed by atoms with E-state index in [9.17, 15) is 9.59 Å². The number of hydrogen-bond donors (Lipinski definition) is 3. The third-order valence-electron chi connectivity index (χ3n) is 6.53. The van der Waals surface area contributed by atoms with E-state index in [0.717, 1.165) is 24.9 Å². The Morgan fingerprint density at radius 2 is 1.84 bits per heavy atom. The van der Waals surface area contributed by atoms with Crippen molar-refractivity contribution in [3.8, 4) is 11.4 Å². The highest BCUT2D eigenvalue weighted by Crippen LogP contribution is 2.35. The molecule has 0 spiro atoms. The predicted molar refractivity (Wildman–Crippen MR) is 125 cm³/mol. The number of rotatable bonds is 6. The lowest BCUT2D eigenvalue weighted by Gasteiger charge is -2.36. The number of amides is 2. The molecule has 2 heterocycles. The number of carbonyl (C=O) groups is 2. The molecule has 1 aliphatic carbocycles. The topological polar surface area (TPSA) is 127 Å². The van der Waals surface area contributed by atoms with E-state index in [0.29, 0.717) is 17.7 Å². The lowest BCUT2D eigenvalue weighted by atomic mass is 9.93. The van der Waals surface area contributed by atoms with E-state index in [4.69, 9.17) is 11.5 Å². The summed E-state index contributed by atoms with van der Waals surface area (Å²) in [5, 5.41) is 2.93. The lowest BCUT2D eigenvalue weighted by Crippen LogP contribution is -2.37. The number of nitrogens with one attached hydrogen (secondary N) is 1. The number of hydrogen-bond acceptors (Lipinski definition) is 6. The summed E-state index contributed by atoms with van der Waals surface area (Å²) in [5.74, 6) is -0.425. The van der Waals surface area contributed by atoms with Gasteiger partial charge in [0.2, 0.25) is 5.91 Å². The van der Waals surface area contributed by atoms with Gasteiger partial charge in [-0.2, -0.15) is 0 Å². The maximum absolute atomic E-state index is 11.9. The molecule has 170 valence electrons. The molecule has 1 saturated carbocycles. The molecule has 1 aliphatic heterocycles. The van der Waals surface area contributed by atoms with Gasteiger partial charge in [-0.15, -0.1) is 0 Å². The molecule has 32 heavy (non-hydrogen) atoms. The van der Waals surface area contributed by atoms with Gasteiger partial charge >= 0.3 is 0 Å². The zero-order valence-electron chi connectivity index (χ0n) is 18.6. The Balaban J connectivity index is 1.69. The zero-order chi connectivity index (χ0) is 22.7. The minimum atomic E-state index is -0.651. The molecule has 2 amide bonds. The largest absolute Gasteiger partial charge is 0.368 e. The summed E-state index contributed by atoms with van der Waals surface area (Å²) in [4.78, 5) is 34.8. The molecule has 0 unspecified atom stereocenters. The van der Waals surface area contributed by atoms with Gasteiger partial charge in [-0.25, -0.2) is 9.97 Å². The first kappa shape index (κ1) is 22.0. The third kappa shape index (κ3) is 4.84. The summed E-state index contributed by atoms with van der Waals surface area (Å²) >= 11 is 0. The molecule has 8 heteroatoms. The SMILES string of the molecule is C[C@H](Nc1cc(C(N)=O)nc(-c2ccc3c(c2)CCCCN3C2CCCCC2)n1)C(N)=O. The predicted octanol–water partition coefficient (Wildman–Crippen LogP) is 3.00. The van der Waals surface area contributed by atoms with Gasteiger partial charge in [-0.3, -0.25) is 9.59 Å². The van der Waals surface area contributed by atoms with Crippen LogP contribution in [0, 0.1) is 0 Å². The Morgan fingerprint density at radius 1 is 1.06 bits per heavy atom. The van der Waals surface area contributed by atoms with Crippen molar-refractivity contribution >= 4 is 23.3 Å². The third-order valence-corrected chi connectivity index (χ3v) is 6.53. The smallest absolute Gasteiger partial charge is 0.267 e. The van der Waals surface area contributed by atoms with Gasteiger partial charge in [0.25, 0.3) is 5.91 Å². The Labute approximate surface area is 188 Å². The van der Waals surface area contributed by atoms with Crippen LogP contribution >= 0.6 is 0 Å². The van der Waals surface area contributed by atoms with Crippen molar-refractivity contribution in [3.05, 3.63) is 35.5 Å². The summed E-state index contributed by atoms with van der Waals surface area (Å²) in [7, 11) is 0. The van der Waals surface area contributed by atoms with Crippen molar-refractivity contribution in [2.45, 2.75) is 70.4 Å². The number of nitrogens with zero attached hydrogens (tertiary/aromatic N) is 3. The number of aromatic nitrogens is 2. The van der Waals surface area contributed by atoms with Gasteiger partial charge in [0, 0.05) is 29.9 Å². The van der Waals surface area contributed by atoms with Crippen LogP contribution in [-0.2, 0) is 11.2 Å². The number of benzene rings is 1. The number of fused-ring (bicyclic) bond motifs is 1. The minimum absolute atomic E-state index is 0.0907. The lowest BCUT2D eigenvalue weighted by molar-refractivity contribution is -0.118. The molecule has 0 radical (unpaired) electrons. The molecule has 5 N–H and O–H groups in total. The van der Waals surface area contributed by atoms with Crippen LogP contribution in [-0.4, -0.2) is 40.4 Å². The van der Waals surface area contributed by atoms with Crippen molar-refractivity contribution in [2.75, 3.05) is 16.8 Å². The highest BCUT2D eigenvalue weighted by atomic mass is 16.1. The Hall–Kier alpha value is -3.16. The number of aryl methyl sites for hydroxylation is 1. The van der Waals surface area contributed by atoms with Crippen LogP contribution in [0.3, 0.4) is 0 Å². The quantitative estimate of drug-likeness (QED) is 0.639. The van der Waals surface area contributed by atoms with Crippen LogP contribution in [0.2, 0.25) is 0 Å². The van der Waals surface area contributed by atoms with Crippen LogP contribution in [0.5, 0.6) is 0 Å². The first-order chi connectivity index (χ1) is 15.4. The fraction of sp³-hybridized carbons (Fsp3) is 0.500. The van der Waals surface area contributed by atoms with Crippen LogP contribution in [0.25, 0.3) is 11.4 Å². The fourth-order valence-electron chi connectivity index (χ4n) is 4.76. The molecule has 0 bridgehead atoms. The van der Waals surface area contributed by atoms with E-state index < -0.39 is 17.9 Å². The van der Waals surface area contributed by atoms with Crippen LogP contribution in [0.15, 0.2) is 24.3 Å². The summed E-state index contributed by atoms with van der Waals surface area (Å²) in [6.45, 7) is 2.74. The van der Waals surface area contributed by atoms with Crippen molar-refractivity contribution < 1.29 is 9.59 Å². The van der Waals surface area contributed by atoms with Gasteiger partial charge in [0.05, 0.1) is 0 Å². The molecule has 2 aromatic rings. The molecule has 2 aliphatic rings. The monoisotopic (exact) mass is 436 g/mol. The average Bonchev–Trinajstić information content (AvgIpc) is 3.01. The van der Waals surface area contributed by atoms with Crippen LogP contribution < -0.4 is 21.7 Å². The maximum atomic E-state index is 11.9. The Bertz CT molecular complexity index is 1000. The molecule has 0 saturated heterocycles. The second-order valence-corrected chi connectivity index (χ2v) is 8.88. The molecular formula is C24H32N6O2. The van der Waals surface area contributed by atoms with Gasteiger partial charge in [-0.05, 0) is 62.8 Å². The summed E-state index contributed by atoms with van der Waals surface area (Å²) in [6, 6.07) is 7.74. The van der Waals surface area contributed by atoms with Crippen molar-refractivity contribution in [3.63, 3.8) is 0 Å². The number of carbonyl (C=O) groups excluding carboxylic acids is 2. The van der Waals surface area contributed by atoms with Crippen molar-refractivity contribution in [1.82, 2.24) is 9.97 Å². The van der Waals surface area contributed by atoms with Crippen LogP contribution in [0.1, 0.15) is 67.9 Å². The van der Waals surface area contributed by atoms with Gasteiger partial charge in [0.1, 0.15) is 17.6 Å². The second-order valence-electron chi connectivity index (χ2n) is 8.88. The first-order valence-electron chi connectivity index (χ1n) is 11.6. The fourth-order valence-corrected chi connectivity index (χ4v) is 4.76. The average molecular weight is 437 g/mol. The van der Waals surface area contributed by atoms with Gasteiger partial charge in [-0.1, -0.05) is 19.3 Å². The van der Waals surface area contributed by atoms with E-state index in [2.05, 4.69) is 32.3 Å². The highest BCUT2D eigenvalue weighted by molar-refractivity contribution is 5.92. The number of anilines is 2. The van der Waals surface area contributed by atoms with Crippen LogP contribution in [0.4, 0.5) is 11.5 Å². The summed E-state index contributed by atoms with van der Waals surface area (Å²) < 4.78 is 0. The van der Waals surface area contributed by atoms with E-state index in [1.54, 1.807) is 6.92 Å². The molecule has 1 aromatic heterocycles. The summed E-state index contributed by atoms with van der Waals surface area (Å²) in [6.07, 6.45) is 9.82. The first-order valence-corrected chi connectivity index (χ1v) is 11.6. The normalized spacial score (nSPS) is 17.8. The molecule has 4 rings (SSSR count). The van der Waals surface area contributed by atoms with E-state index in [1.165, 1.54) is 55.8 Å². The van der Waals surface area contributed by atoms with E-state index in [1.807, 2.05) is 6.07 Å². The Kier molecular flexibility index (Phi) is 6.58. The molecule has 1 fully saturated rings. The van der Waals surface area contributed by atoms with E-state index in [-0.39, 0.29) is 5.69 Å². The number of primary amides is 2. The number of nitrogens with two attached hydrogens (primary N) is 2.